The van der Waals surface area contributed by atoms with Crippen molar-refractivity contribution < 1.29 is 23.8 Å². The van der Waals surface area contributed by atoms with Crippen molar-refractivity contribution in [3.05, 3.63) is 0 Å². The molecule has 22 heavy (non-hydrogen) atoms. The summed E-state index contributed by atoms with van der Waals surface area (Å²) in [5.41, 5.74) is -0.714. The monoisotopic (exact) mass is 330 g/mol. The molecule has 0 N–H and O–H groups in total. The minimum Gasteiger partial charge on any atom is -0.468 e. The number of rotatable bonds is 4. The number of thioether (sulfide) groups is 1. The molecule has 1 aliphatic carbocycles. The van der Waals surface area contributed by atoms with E-state index < -0.39 is 10.7 Å². The normalized spacial score (nSPS) is 35.4. The van der Waals surface area contributed by atoms with Crippen LogP contribution in [0.25, 0.3) is 0 Å². The van der Waals surface area contributed by atoms with Crippen LogP contribution in [-0.4, -0.2) is 42.4 Å². The van der Waals surface area contributed by atoms with E-state index in [9.17, 15) is 9.59 Å². The summed E-state index contributed by atoms with van der Waals surface area (Å²) < 4.78 is 15.8. The Morgan fingerprint density at radius 1 is 1.23 bits per heavy atom. The van der Waals surface area contributed by atoms with Crippen molar-refractivity contribution in [2.75, 3.05) is 13.7 Å². The Morgan fingerprint density at radius 3 is 2.59 bits per heavy atom. The van der Waals surface area contributed by atoms with E-state index in [2.05, 4.69) is 25.5 Å². The molecule has 6 heteroatoms. The highest BCUT2D eigenvalue weighted by Crippen LogP contribution is 2.37. The Bertz CT molecular complexity index is 411. The lowest BCUT2D eigenvalue weighted by Crippen LogP contribution is -2.37. The third kappa shape index (κ3) is 4.16. The zero-order chi connectivity index (χ0) is 16.3. The summed E-state index contributed by atoms with van der Waals surface area (Å²) in [5.74, 6) is 0.758. The van der Waals surface area contributed by atoms with Gasteiger partial charge in [0.15, 0.2) is 0 Å². The average molecular weight is 330 g/mol. The van der Waals surface area contributed by atoms with Crippen LogP contribution < -0.4 is 0 Å². The molecule has 0 bridgehead atoms. The summed E-state index contributed by atoms with van der Waals surface area (Å²) in [6.07, 6.45) is 3.15. The molecule has 2 rings (SSSR count). The van der Waals surface area contributed by atoms with E-state index in [0.29, 0.717) is 17.8 Å². The van der Waals surface area contributed by atoms with Crippen molar-refractivity contribution >= 4 is 23.7 Å². The highest BCUT2D eigenvalue weighted by molar-refractivity contribution is 8.02. The van der Waals surface area contributed by atoms with E-state index in [-0.39, 0.29) is 24.6 Å². The second-order valence-corrected chi connectivity index (χ2v) is 7.88. The van der Waals surface area contributed by atoms with Crippen molar-refractivity contribution in [3.63, 3.8) is 0 Å². The molecule has 0 aromatic carbocycles. The molecule has 126 valence electrons. The quantitative estimate of drug-likeness (QED) is 0.739. The summed E-state index contributed by atoms with van der Waals surface area (Å²) in [6.45, 7) is 6.75. The molecule has 0 aromatic heterocycles. The topological polar surface area (TPSA) is 61.8 Å². The lowest BCUT2D eigenvalue weighted by atomic mass is 9.75. The van der Waals surface area contributed by atoms with Crippen LogP contribution in [0, 0.1) is 17.8 Å². The van der Waals surface area contributed by atoms with Gasteiger partial charge in [-0.2, -0.15) is 0 Å². The van der Waals surface area contributed by atoms with Gasteiger partial charge in [0, 0.05) is 0 Å². The van der Waals surface area contributed by atoms with Crippen molar-refractivity contribution in [2.24, 2.45) is 17.8 Å². The van der Waals surface area contributed by atoms with E-state index in [0.717, 1.165) is 12.8 Å². The molecule has 5 nitrogen and oxygen atoms in total. The largest absolute Gasteiger partial charge is 0.468 e. The Kier molecular flexibility index (Phi) is 6.15. The molecule has 1 aliphatic heterocycles. The molecule has 2 aliphatic rings. The molecule has 1 saturated carbocycles. The minimum absolute atomic E-state index is 0.0439. The van der Waals surface area contributed by atoms with Gasteiger partial charge < -0.3 is 14.2 Å². The van der Waals surface area contributed by atoms with Crippen LogP contribution in [0.15, 0.2) is 0 Å². The standard InChI is InChI=1S/C16H26O5S/c1-9(2)11-6-5-10(3)7-12(11)21-15(18)16-20-8-13(22-16)14(17)19-4/h9-13,16H,5-8H2,1-4H3/t10-,11-,12+,13-,16-/m0/s1. The van der Waals surface area contributed by atoms with Crippen LogP contribution in [0.3, 0.4) is 0 Å². The van der Waals surface area contributed by atoms with Gasteiger partial charge in [0.2, 0.25) is 5.44 Å². The van der Waals surface area contributed by atoms with Gasteiger partial charge in [-0.15, -0.1) is 11.8 Å². The van der Waals surface area contributed by atoms with E-state index >= 15 is 0 Å². The molecule has 1 heterocycles. The van der Waals surface area contributed by atoms with Crippen LogP contribution in [0.1, 0.15) is 40.0 Å². The SMILES string of the molecule is COC(=O)[C@@H]1CO[C@H](C(=O)O[C@@H]2C[C@@H](C)CC[C@H]2C(C)C)S1. The highest BCUT2D eigenvalue weighted by Gasteiger charge is 2.40. The molecule has 0 aromatic rings. The average Bonchev–Trinajstić information content (AvgIpc) is 2.96. The first kappa shape index (κ1) is 17.6. The Hall–Kier alpha value is -0.750. The minimum atomic E-state index is -0.714. The Balaban J connectivity index is 1.91. The fourth-order valence-corrected chi connectivity index (χ4v) is 4.22. The number of carbonyl (C=O) groups excluding carboxylic acids is 2. The first-order valence-electron chi connectivity index (χ1n) is 7.97. The Labute approximate surface area is 136 Å². The second-order valence-electron chi connectivity index (χ2n) is 6.61. The molecule has 0 amide bonds. The van der Waals surface area contributed by atoms with Gasteiger partial charge in [0.05, 0.1) is 13.7 Å². The molecule has 0 spiro atoms. The van der Waals surface area contributed by atoms with Gasteiger partial charge in [-0.3, -0.25) is 4.79 Å². The molecule has 2 fully saturated rings. The van der Waals surface area contributed by atoms with Gasteiger partial charge in [0.25, 0.3) is 0 Å². The third-order valence-corrected chi connectivity index (χ3v) is 5.81. The predicted molar refractivity (Wildman–Crippen MR) is 84.4 cm³/mol. The smallest absolute Gasteiger partial charge is 0.346 e. The third-order valence-electron chi connectivity index (χ3n) is 4.57. The molecular weight excluding hydrogens is 304 g/mol. The van der Waals surface area contributed by atoms with Gasteiger partial charge in [-0.05, 0) is 30.6 Å². The summed E-state index contributed by atoms with van der Waals surface area (Å²) in [5, 5.41) is -0.436. The molecule has 5 atom stereocenters. The van der Waals surface area contributed by atoms with Crippen LogP contribution in [-0.2, 0) is 23.8 Å². The first-order chi connectivity index (χ1) is 10.4. The predicted octanol–water partition coefficient (Wildman–Crippen LogP) is 2.62. The van der Waals surface area contributed by atoms with Gasteiger partial charge >= 0.3 is 11.9 Å². The van der Waals surface area contributed by atoms with Gasteiger partial charge in [0.1, 0.15) is 11.4 Å². The van der Waals surface area contributed by atoms with Crippen LogP contribution >= 0.6 is 11.8 Å². The molecule has 0 radical (unpaired) electrons. The molecular formula is C16H26O5S. The lowest BCUT2D eigenvalue weighted by Gasteiger charge is -2.37. The van der Waals surface area contributed by atoms with Gasteiger partial charge in [-0.25, -0.2) is 4.79 Å². The van der Waals surface area contributed by atoms with Gasteiger partial charge in [-0.1, -0.05) is 27.2 Å². The number of hydrogen-bond donors (Lipinski definition) is 0. The van der Waals surface area contributed by atoms with E-state index in [4.69, 9.17) is 9.47 Å². The van der Waals surface area contributed by atoms with E-state index in [1.165, 1.54) is 25.3 Å². The number of esters is 2. The maximum atomic E-state index is 12.3. The van der Waals surface area contributed by atoms with Crippen molar-refractivity contribution in [2.45, 2.75) is 56.8 Å². The van der Waals surface area contributed by atoms with E-state index in [1.807, 2.05) is 0 Å². The van der Waals surface area contributed by atoms with Crippen LogP contribution in [0.4, 0.5) is 0 Å². The first-order valence-corrected chi connectivity index (χ1v) is 8.92. The fraction of sp³-hybridized carbons (Fsp3) is 0.875. The lowest BCUT2D eigenvalue weighted by molar-refractivity contribution is -0.163. The summed E-state index contributed by atoms with van der Waals surface area (Å²) >= 11 is 1.18. The number of ether oxygens (including phenoxy) is 3. The maximum absolute atomic E-state index is 12.3. The fourth-order valence-electron chi connectivity index (χ4n) is 3.24. The maximum Gasteiger partial charge on any atom is 0.346 e. The molecule has 0 unspecified atom stereocenters. The van der Waals surface area contributed by atoms with Crippen LogP contribution in [0.5, 0.6) is 0 Å². The molecule has 1 saturated heterocycles. The summed E-state index contributed by atoms with van der Waals surface area (Å²) in [7, 11) is 1.34. The van der Waals surface area contributed by atoms with Crippen molar-refractivity contribution in [3.8, 4) is 0 Å². The van der Waals surface area contributed by atoms with Crippen molar-refractivity contribution in [1.82, 2.24) is 0 Å². The second kappa shape index (κ2) is 7.68. The van der Waals surface area contributed by atoms with E-state index in [1.54, 1.807) is 0 Å². The van der Waals surface area contributed by atoms with Crippen molar-refractivity contribution in [1.29, 1.82) is 0 Å². The number of hydrogen-bond acceptors (Lipinski definition) is 6. The number of methoxy groups -OCH3 is 1. The zero-order valence-corrected chi connectivity index (χ0v) is 14.6. The van der Waals surface area contributed by atoms with Crippen LogP contribution in [0.2, 0.25) is 0 Å². The highest BCUT2D eigenvalue weighted by atomic mass is 32.2. The zero-order valence-electron chi connectivity index (χ0n) is 13.7. The number of carbonyl (C=O) groups is 2. The Morgan fingerprint density at radius 2 is 1.95 bits per heavy atom. The summed E-state index contributed by atoms with van der Waals surface area (Å²) in [6, 6.07) is 0. The summed E-state index contributed by atoms with van der Waals surface area (Å²) in [4.78, 5) is 23.8.